The molecule has 1 atom stereocenters. The number of imidazole rings is 1. The molecule has 1 aromatic carbocycles. The van der Waals surface area contributed by atoms with Crippen LogP contribution in [0.15, 0.2) is 22.7 Å². The molecule has 2 heterocycles. The third-order valence-corrected chi connectivity index (χ3v) is 4.99. The molecule has 1 aliphatic rings. The molecule has 0 bridgehead atoms. The van der Waals surface area contributed by atoms with E-state index in [1.54, 1.807) is 0 Å². The molecule has 0 radical (unpaired) electrons. The van der Waals surface area contributed by atoms with Crippen molar-refractivity contribution in [2.75, 3.05) is 11.5 Å². The Morgan fingerprint density at radius 1 is 1.53 bits per heavy atom. The molecule has 1 saturated heterocycles. The minimum Gasteiger partial charge on any atom is -0.323 e. The van der Waals surface area contributed by atoms with Crippen LogP contribution in [0.1, 0.15) is 18.3 Å². The molecule has 3 rings (SSSR count). The van der Waals surface area contributed by atoms with Gasteiger partial charge in [-0.05, 0) is 30.4 Å². The first-order chi connectivity index (χ1) is 8.29. The summed E-state index contributed by atoms with van der Waals surface area (Å²) in [6.45, 7) is 0. The van der Waals surface area contributed by atoms with Crippen LogP contribution < -0.4 is 0 Å². The Morgan fingerprint density at radius 2 is 2.41 bits per heavy atom. The van der Waals surface area contributed by atoms with Crippen molar-refractivity contribution in [1.29, 1.82) is 0 Å². The normalized spacial score (nSPS) is 20.2. The fourth-order valence-electron chi connectivity index (χ4n) is 2.34. The highest BCUT2D eigenvalue weighted by atomic mass is 79.9. The number of benzene rings is 1. The van der Waals surface area contributed by atoms with Crippen LogP contribution in [0.2, 0.25) is 0 Å². The first-order valence-electron chi connectivity index (χ1n) is 5.59. The molecular formula is C12H12BrClN2S. The molecule has 2 aromatic rings. The molecule has 0 aliphatic carbocycles. The topological polar surface area (TPSA) is 17.8 Å². The average Bonchev–Trinajstić information content (AvgIpc) is 2.93. The van der Waals surface area contributed by atoms with Crippen molar-refractivity contribution in [2.45, 2.75) is 18.3 Å². The van der Waals surface area contributed by atoms with Crippen molar-refractivity contribution >= 4 is 50.3 Å². The van der Waals surface area contributed by atoms with E-state index in [1.807, 2.05) is 23.9 Å². The molecule has 17 heavy (non-hydrogen) atoms. The van der Waals surface area contributed by atoms with Crippen molar-refractivity contribution in [3.63, 3.8) is 0 Å². The highest BCUT2D eigenvalue weighted by Gasteiger charge is 2.22. The highest BCUT2D eigenvalue weighted by Crippen LogP contribution is 2.33. The lowest BCUT2D eigenvalue weighted by Gasteiger charge is -2.14. The van der Waals surface area contributed by atoms with Crippen molar-refractivity contribution in [2.24, 2.45) is 0 Å². The lowest BCUT2D eigenvalue weighted by molar-refractivity contribution is 0.558. The quantitative estimate of drug-likeness (QED) is 0.767. The van der Waals surface area contributed by atoms with Crippen LogP contribution in [0.5, 0.6) is 0 Å². The first-order valence-corrected chi connectivity index (χ1v) is 8.08. The molecule has 0 spiro atoms. The summed E-state index contributed by atoms with van der Waals surface area (Å²) in [5.41, 5.74) is 2.24. The summed E-state index contributed by atoms with van der Waals surface area (Å²) in [5.74, 6) is 3.88. The van der Waals surface area contributed by atoms with Crippen LogP contribution in [-0.2, 0) is 5.88 Å². The Kier molecular flexibility index (Phi) is 3.37. The fraction of sp³-hybridized carbons (Fsp3) is 0.417. The summed E-state index contributed by atoms with van der Waals surface area (Å²) in [6, 6.07) is 6.77. The fourth-order valence-corrected chi connectivity index (χ4v) is 4.07. The van der Waals surface area contributed by atoms with Crippen LogP contribution in [0.3, 0.4) is 0 Å². The number of aromatic nitrogens is 2. The summed E-state index contributed by atoms with van der Waals surface area (Å²) in [6.07, 6.45) is 1.21. The molecule has 90 valence electrons. The van der Waals surface area contributed by atoms with Crippen molar-refractivity contribution < 1.29 is 0 Å². The van der Waals surface area contributed by atoms with E-state index in [9.17, 15) is 0 Å². The third kappa shape index (κ3) is 2.11. The Balaban J connectivity index is 2.20. The number of alkyl halides is 1. The zero-order valence-corrected chi connectivity index (χ0v) is 12.4. The van der Waals surface area contributed by atoms with Crippen molar-refractivity contribution in [3.05, 3.63) is 28.5 Å². The second-order valence-corrected chi connectivity index (χ2v) is 6.51. The summed E-state index contributed by atoms with van der Waals surface area (Å²) in [4.78, 5) is 4.62. The van der Waals surface area contributed by atoms with E-state index >= 15 is 0 Å². The van der Waals surface area contributed by atoms with Crippen LogP contribution in [0, 0.1) is 0 Å². The number of nitrogens with zero attached hydrogens (tertiary/aromatic N) is 2. The third-order valence-electron chi connectivity index (χ3n) is 3.11. The summed E-state index contributed by atoms with van der Waals surface area (Å²) in [5, 5.41) is 0. The van der Waals surface area contributed by atoms with E-state index < -0.39 is 0 Å². The monoisotopic (exact) mass is 330 g/mol. The summed E-state index contributed by atoms with van der Waals surface area (Å²) < 4.78 is 3.42. The molecule has 0 N–H and O–H groups in total. The van der Waals surface area contributed by atoms with Gasteiger partial charge in [-0.25, -0.2) is 4.98 Å². The van der Waals surface area contributed by atoms with Crippen molar-refractivity contribution in [1.82, 2.24) is 9.55 Å². The number of hydrogen-bond donors (Lipinski definition) is 0. The van der Waals surface area contributed by atoms with Gasteiger partial charge in [0.15, 0.2) is 0 Å². The van der Waals surface area contributed by atoms with E-state index in [-0.39, 0.29) is 0 Å². The Labute approximate surface area is 118 Å². The standard InChI is InChI=1S/C12H12BrClN2S/c13-8-1-2-10-11(5-8)16(12(6-14)15-10)9-3-4-17-7-9/h1-2,5,9H,3-4,6-7H2. The molecule has 1 aliphatic heterocycles. The Morgan fingerprint density at radius 3 is 3.12 bits per heavy atom. The molecule has 1 unspecified atom stereocenters. The molecule has 5 heteroatoms. The van der Waals surface area contributed by atoms with Gasteiger partial charge in [-0.3, -0.25) is 0 Å². The minimum atomic E-state index is 0.480. The maximum Gasteiger partial charge on any atom is 0.125 e. The number of hydrogen-bond acceptors (Lipinski definition) is 2. The highest BCUT2D eigenvalue weighted by molar-refractivity contribution is 9.10. The van der Waals surface area contributed by atoms with Crippen LogP contribution >= 0.6 is 39.3 Å². The molecular weight excluding hydrogens is 320 g/mol. The zero-order valence-electron chi connectivity index (χ0n) is 9.20. The van der Waals surface area contributed by atoms with Crippen LogP contribution in [0.4, 0.5) is 0 Å². The number of fused-ring (bicyclic) bond motifs is 1. The Hall–Kier alpha value is -0.190. The van der Waals surface area contributed by atoms with Gasteiger partial charge >= 0.3 is 0 Å². The van der Waals surface area contributed by atoms with Gasteiger partial charge in [-0.1, -0.05) is 15.9 Å². The zero-order chi connectivity index (χ0) is 11.8. The van der Waals surface area contributed by atoms with E-state index in [0.717, 1.165) is 15.8 Å². The molecule has 1 aromatic heterocycles. The minimum absolute atomic E-state index is 0.480. The van der Waals surface area contributed by atoms with Gasteiger partial charge < -0.3 is 4.57 Å². The van der Waals surface area contributed by atoms with Crippen molar-refractivity contribution in [3.8, 4) is 0 Å². The van der Waals surface area contributed by atoms with Crippen LogP contribution in [0.25, 0.3) is 11.0 Å². The van der Waals surface area contributed by atoms with E-state index in [1.165, 1.54) is 23.4 Å². The summed E-state index contributed by atoms with van der Waals surface area (Å²) >= 11 is 11.6. The molecule has 2 nitrogen and oxygen atoms in total. The SMILES string of the molecule is ClCc1nc2ccc(Br)cc2n1C1CCSC1. The molecule has 1 fully saturated rings. The number of thioether (sulfide) groups is 1. The number of halogens is 2. The molecule has 0 amide bonds. The second kappa shape index (κ2) is 4.82. The summed E-state index contributed by atoms with van der Waals surface area (Å²) in [7, 11) is 0. The van der Waals surface area contributed by atoms with Crippen LogP contribution in [-0.4, -0.2) is 21.1 Å². The van der Waals surface area contributed by atoms with E-state index in [4.69, 9.17) is 11.6 Å². The van der Waals surface area contributed by atoms with E-state index in [2.05, 4.69) is 31.5 Å². The Bertz CT molecular complexity index is 549. The largest absolute Gasteiger partial charge is 0.323 e. The maximum absolute atomic E-state index is 6.02. The maximum atomic E-state index is 6.02. The molecule has 0 saturated carbocycles. The first kappa shape index (κ1) is 11.9. The van der Waals surface area contributed by atoms with Gasteiger partial charge in [-0.15, -0.1) is 11.6 Å². The predicted octanol–water partition coefficient (Wildman–Crippen LogP) is 4.22. The predicted molar refractivity (Wildman–Crippen MR) is 78.0 cm³/mol. The smallest absolute Gasteiger partial charge is 0.125 e. The lowest BCUT2D eigenvalue weighted by Crippen LogP contribution is -2.10. The van der Waals surface area contributed by atoms with Gasteiger partial charge in [0.25, 0.3) is 0 Å². The van der Waals surface area contributed by atoms with Gasteiger partial charge in [0, 0.05) is 16.3 Å². The lowest BCUT2D eigenvalue weighted by atomic mass is 10.2. The number of rotatable bonds is 2. The second-order valence-electron chi connectivity index (χ2n) is 4.18. The van der Waals surface area contributed by atoms with Gasteiger partial charge in [0.1, 0.15) is 5.82 Å². The van der Waals surface area contributed by atoms with Gasteiger partial charge in [0.05, 0.1) is 16.9 Å². The van der Waals surface area contributed by atoms with E-state index in [0.29, 0.717) is 11.9 Å². The van der Waals surface area contributed by atoms with Gasteiger partial charge in [-0.2, -0.15) is 11.8 Å². The van der Waals surface area contributed by atoms with Gasteiger partial charge in [0.2, 0.25) is 0 Å². The average molecular weight is 332 g/mol.